The first-order chi connectivity index (χ1) is 17.0. The Hall–Kier alpha value is -3.67. The zero-order chi connectivity index (χ0) is 26.1. The van der Waals surface area contributed by atoms with E-state index in [0.717, 1.165) is 29.5 Å². The second-order valence-corrected chi connectivity index (χ2v) is 10.7. The van der Waals surface area contributed by atoms with E-state index in [-0.39, 0.29) is 23.2 Å². The van der Waals surface area contributed by atoms with Gasteiger partial charge in [-0.15, -0.1) is 0 Å². The highest BCUT2D eigenvalue weighted by Gasteiger charge is 2.43. The summed E-state index contributed by atoms with van der Waals surface area (Å²) in [6, 6.07) is 19.7. The number of aryl methyl sites for hydroxylation is 1. The molecule has 3 N–H and O–H groups in total. The minimum atomic E-state index is -1.03. The Morgan fingerprint density at radius 3 is 2.19 bits per heavy atom. The summed E-state index contributed by atoms with van der Waals surface area (Å²) in [7, 11) is 0. The molecule has 1 atom stereocenters. The van der Waals surface area contributed by atoms with E-state index in [1.54, 1.807) is 24.3 Å². The first-order valence-corrected chi connectivity index (χ1v) is 12.3. The zero-order valence-corrected chi connectivity index (χ0v) is 21.1. The molecule has 4 rings (SSSR count). The van der Waals surface area contributed by atoms with E-state index in [1.165, 1.54) is 17.7 Å². The van der Waals surface area contributed by atoms with Crippen LogP contribution in [0.25, 0.3) is 0 Å². The fourth-order valence-electron chi connectivity index (χ4n) is 5.37. The fourth-order valence-corrected chi connectivity index (χ4v) is 5.37. The van der Waals surface area contributed by atoms with Crippen LogP contribution in [0.3, 0.4) is 0 Å². The third-order valence-electron chi connectivity index (χ3n) is 7.13. The van der Waals surface area contributed by atoms with E-state index < -0.39 is 17.4 Å². The number of nitrogens with zero attached hydrogens (tertiary/aromatic N) is 1. The van der Waals surface area contributed by atoms with Crippen LogP contribution < -0.4 is 10.6 Å². The van der Waals surface area contributed by atoms with E-state index in [1.807, 2.05) is 23.1 Å². The lowest BCUT2D eigenvalue weighted by atomic mass is 9.76. The van der Waals surface area contributed by atoms with Crippen molar-refractivity contribution in [1.29, 1.82) is 0 Å². The predicted octanol–water partition coefficient (Wildman–Crippen LogP) is 5.59. The quantitative estimate of drug-likeness (QED) is 0.454. The molecule has 0 fully saturated rings. The number of anilines is 1. The fraction of sp³-hybridized carbons (Fsp3) is 0.333. The van der Waals surface area contributed by atoms with Crippen molar-refractivity contribution in [2.45, 2.75) is 57.4 Å². The summed E-state index contributed by atoms with van der Waals surface area (Å²) < 4.78 is 14.0. The normalized spacial score (nSPS) is 15.2. The van der Waals surface area contributed by atoms with Gasteiger partial charge in [-0.25, -0.2) is 9.18 Å². The molecule has 3 aromatic carbocycles. The Labute approximate surface area is 211 Å². The van der Waals surface area contributed by atoms with Gasteiger partial charge < -0.3 is 15.7 Å². The van der Waals surface area contributed by atoms with Crippen molar-refractivity contribution < 1.29 is 19.1 Å². The molecule has 1 unspecified atom stereocenters. The molecule has 1 heterocycles. The number of halogens is 1. The second kappa shape index (κ2) is 9.76. The van der Waals surface area contributed by atoms with E-state index in [0.29, 0.717) is 18.7 Å². The van der Waals surface area contributed by atoms with Crippen LogP contribution in [0.2, 0.25) is 0 Å². The third kappa shape index (κ3) is 4.99. The second-order valence-electron chi connectivity index (χ2n) is 10.7. The number of carbonyl (C=O) groups is 2. The number of hydrogen-bond donors (Lipinski definition) is 2. The van der Waals surface area contributed by atoms with Gasteiger partial charge in [0.2, 0.25) is 5.91 Å². The Balaban J connectivity index is 1.94. The molecular weight excluding hydrogens is 455 g/mol. The summed E-state index contributed by atoms with van der Waals surface area (Å²) in [6.45, 7) is 6.99. The number of benzene rings is 3. The Morgan fingerprint density at radius 2 is 1.61 bits per heavy atom. The van der Waals surface area contributed by atoms with Crippen LogP contribution in [0.15, 0.2) is 66.7 Å². The lowest BCUT2D eigenvalue weighted by molar-refractivity contribution is -0.119. The average molecular weight is 489 g/mol. The maximum Gasteiger partial charge on any atom is 0.337 e. The van der Waals surface area contributed by atoms with Crippen LogP contribution in [0.1, 0.15) is 66.2 Å². The molecule has 0 spiro atoms. The molecule has 3 aromatic rings. The van der Waals surface area contributed by atoms with Gasteiger partial charge in [-0.3, -0.25) is 4.79 Å². The van der Waals surface area contributed by atoms with Gasteiger partial charge in [0.1, 0.15) is 5.82 Å². The summed E-state index contributed by atoms with van der Waals surface area (Å²) >= 11 is 0. The van der Waals surface area contributed by atoms with Crippen molar-refractivity contribution in [1.82, 2.24) is 0 Å². The van der Waals surface area contributed by atoms with Gasteiger partial charge in [-0.05, 0) is 58.7 Å². The number of nitrogens with two attached hydrogens (primary N) is 1. The van der Waals surface area contributed by atoms with E-state index in [4.69, 9.17) is 5.73 Å². The summed E-state index contributed by atoms with van der Waals surface area (Å²) in [5.74, 6) is -1.92. The van der Waals surface area contributed by atoms with Crippen molar-refractivity contribution >= 4 is 17.6 Å². The van der Waals surface area contributed by atoms with Crippen LogP contribution in [0.5, 0.6) is 0 Å². The monoisotopic (exact) mass is 488 g/mol. The predicted molar refractivity (Wildman–Crippen MR) is 140 cm³/mol. The number of amides is 1. The maximum atomic E-state index is 14.0. The van der Waals surface area contributed by atoms with E-state index in [2.05, 4.69) is 32.9 Å². The van der Waals surface area contributed by atoms with Crippen molar-refractivity contribution in [3.8, 4) is 0 Å². The number of aromatic carboxylic acids is 1. The molecule has 0 bridgehead atoms. The molecule has 1 amide bonds. The summed E-state index contributed by atoms with van der Waals surface area (Å²) in [6.07, 6.45) is 1.89. The number of hydrogen-bond acceptors (Lipinski definition) is 3. The number of primary amides is 1. The molecule has 0 aromatic heterocycles. The van der Waals surface area contributed by atoms with Gasteiger partial charge in [0, 0.05) is 13.0 Å². The summed E-state index contributed by atoms with van der Waals surface area (Å²) in [4.78, 5) is 26.9. The highest BCUT2D eigenvalue weighted by Crippen LogP contribution is 2.44. The van der Waals surface area contributed by atoms with E-state index in [9.17, 15) is 19.1 Å². The first-order valence-electron chi connectivity index (χ1n) is 12.3. The molecule has 1 aliphatic rings. The number of rotatable bonds is 7. The highest BCUT2D eigenvalue weighted by atomic mass is 19.1. The molecule has 5 nitrogen and oxygen atoms in total. The Morgan fingerprint density at radius 1 is 0.972 bits per heavy atom. The number of carboxylic acids is 1. The summed E-state index contributed by atoms with van der Waals surface area (Å²) in [5.41, 5.74) is 9.43. The average Bonchev–Trinajstić information content (AvgIpc) is 2.82. The smallest absolute Gasteiger partial charge is 0.337 e. The molecule has 0 radical (unpaired) electrons. The maximum absolute atomic E-state index is 14.0. The molecule has 0 aliphatic carbocycles. The van der Waals surface area contributed by atoms with Crippen molar-refractivity contribution in [3.63, 3.8) is 0 Å². The Kier molecular flexibility index (Phi) is 6.90. The zero-order valence-electron chi connectivity index (χ0n) is 21.1. The van der Waals surface area contributed by atoms with Gasteiger partial charge in [0.25, 0.3) is 0 Å². The summed E-state index contributed by atoms with van der Waals surface area (Å²) in [5, 5.41) is 10.0. The van der Waals surface area contributed by atoms with E-state index >= 15 is 0 Å². The molecule has 188 valence electrons. The van der Waals surface area contributed by atoms with Gasteiger partial charge in [-0.2, -0.15) is 0 Å². The molecule has 0 saturated carbocycles. The standard InChI is InChI=1S/C30H33FN2O3/c1-29(2,3)22-11-9-20(10-12-22)18-30(19-26(32)34,23-13-15-24(31)16-14-23)33-17-5-7-21-6-4-8-25(27(21)33)28(35)36/h4,6,8-16H,5,7,17-19H2,1-3H3,(H2,32,34)(H,35,36). The van der Waals surface area contributed by atoms with Crippen LogP contribution in [-0.4, -0.2) is 23.5 Å². The lowest BCUT2D eigenvalue weighted by Gasteiger charge is -2.49. The van der Waals surface area contributed by atoms with Gasteiger partial charge in [0.05, 0.1) is 23.2 Å². The van der Waals surface area contributed by atoms with Gasteiger partial charge >= 0.3 is 5.97 Å². The van der Waals surface area contributed by atoms with Crippen molar-refractivity contribution in [2.75, 3.05) is 11.4 Å². The highest BCUT2D eigenvalue weighted by molar-refractivity contribution is 5.96. The molecule has 6 heteroatoms. The van der Waals surface area contributed by atoms with Crippen molar-refractivity contribution in [3.05, 3.63) is 100 Å². The topological polar surface area (TPSA) is 83.6 Å². The molecule has 36 heavy (non-hydrogen) atoms. The minimum absolute atomic E-state index is 0.0119. The van der Waals surface area contributed by atoms with Gasteiger partial charge in [0.15, 0.2) is 0 Å². The number of fused-ring (bicyclic) bond motifs is 1. The first kappa shape index (κ1) is 25.4. The number of carbonyl (C=O) groups excluding carboxylic acids is 1. The van der Waals surface area contributed by atoms with Crippen molar-refractivity contribution in [2.24, 2.45) is 5.73 Å². The van der Waals surface area contributed by atoms with Crippen LogP contribution >= 0.6 is 0 Å². The molecule has 0 saturated heterocycles. The van der Waals surface area contributed by atoms with Gasteiger partial charge in [-0.1, -0.05) is 69.3 Å². The number of para-hydroxylation sites is 1. The SMILES string of the molecule is CC(C)(C)c1ccc(CC(CC(N)=O)(c2ccc(F)cc2)N2CCCc3cccc(C(=O)O)c32)cc1. The van der Waals surface area contributed by atoms with Crippen LogP contribution in [-0.2, 0) is 28.6 Å². The third-order valence-corrected chi connectivity index (χ3v) is 7.13. The number of carboxylic acid groups (broad SMARTS) is 1. The lowest BCUT2D eigenvalue weighted by Crippen LogP contribution is -2.53. The van der Waals surface area contributed by atoms with Crippen LogP contribution in [0.4, 0.5) is 10.1 Å². The Bertz CT molecular complexity index is 1260. The largest absolute Gasteiger partial charge is 0.478 e. The molecule has 1 aliphatic heterocycles. The van der Waals surface area contributed by atoms with Crippen LogP contribution in [0, 0.1) is 5.82 Å². The molecular formula is C30H33FN2O3. The minimum Gasteiger partial charge on any atom is -0.478 e.